The van der Waals surface area contributed by atoms with E-state index in [4.69, 9.17) is 0 Å². The van der Waals surface area contributed by atoms with Gasteiger partial charge in [0.25, 0.3) is 0 Å². The van der Waals surface area contributed by atoms with Crippen LogP contribution in [0.2, 0.25) is 0 Å². The molecule has 0 bridgehead atoms. The van der Waals surface area contributed by atoms with Gasteiger partial charge < -0.3 is 5.32 Å². The molecule has 0 aliphatic heterocycles. The van der Waals surface area contributed by atoms with E-state index in [1.54, 1.807) is 23.1 Å². The largest absolute Gasteiger partial charge is 0.325 e. The Morgan fingerprint density at radius 1 is 1.24 bits per heavy atom. The topological polar surface area (TPSA) is 29.1 Å². The fraction of sp³-hybridized carbons (Fsp3) is 0.353. The zero-order valence-corrected chi connectivity index (χ0v) is 13.7. The van der Waals surface area contributed by atoms with Gasteiger partial charge in [0.15, 0.2) is 0 Å². The van der Waals surface area contributed by atoms with Crippen LogP contribution < -0.4 is 5.32 Å². The van der Waals surface area contributed by atoms with Crippen LogP contribution in [0.3, 0.4) is 0 Å². The summed E-state index contributed by atoms with van der Waals surface area (Å²) in [6.07, 6.45) is 6.24. The Bertz CT molecular complexity index is 615. The number of carbonyl (C=O) groups is 1. The summed E-state index contributed by atoms with van der Waals surface area (Å²) in [6.45, 7) is 0. The van der Waals surface area contributed by atoms with E-state index in [-0.39, 0.29) is 11.3 Å². The molecule has 1 aromatic heterocycles. The molecule has 1 N–H and O–H groups in total. The van der Waals surface area contributed by atoms with Gasteiger partial charge in [0.05, 0.1) is 5.41 Å². The monoisotopic (exact) mass is 317 g/mol. The van der Waals surface area contributed by atoms with E-state index in [1.807, 2.05) is 30.5 Å². The predicted octanol–water partition coefficient (Wildman–Crippen LogP) is 4.92. The smallest absolute Gasteiger partial charge is 0.235 e. The van der Waals surface area contributed by atoms with Crippen molar-refractivity contribution in [3.63, 3.8) is 0 Å². The lowest BCUT2D eigenvalue weighted by molar-refractivity contribution is -0.121. The molecule has 1 aliphatic carbocycles. The number of thiophene rings is 1. The molecule has 1 aromatic carbocycles. The fourth-order valence-corrected chi connectivity index (χ4v) is 4.51. The molecule has 21 heavy (non-hydrogen) atoms. The highest BCUT2D eigenvalue weighted by Crippen LogP contribution is 2.44. The van der Waals surface area contributed by atoms with Crippen LogP contribution in [0.1, 0.15) is 30.6 Å². The average Bonchev–Trinajstić information content (AvgIpc) is 3.19. The molecule has 0 atom stereocenters. The van der Waals surface area contributed by atoms with Gasteiger partial charge in [0.1, 0.15) is 0 Å². The Kier molecular flexibility index (Phi) is 4.36. The van der Waals surface area contributed by atoms with Crippen LogP contribution >= 0.6 is 23.1 Å². The van der Waals surface area contributed by atoms with E-state index in [0.717, 1.165) is 31.4 Å². The summed E-state index contributed by atoms with van der Waals surface area (Å²) in [5.74, 6) is 0.153. The van der Waals surface area contributed by atoms with Gasteiger partial charge >= 0.3 is 0 Å². The van der Waals surface area contributed by atoms with Crippen molar-refractivity contribution in [2.45, 2.75) is 36.0 Å². The summed E-state index contributed by atoms with van der Waals surface area (Å²) in [5, 5.41) is 5.21. The second kappa shape index (κ2) is 6.24. The van der Waals surface area contributed by atoms with Crippen LogP contribution in [-0.4, -0.2) is 12.2 Å². The molecule has 0 saturated heterocycles. The number of thioether (sulfide) groups is 1. The minimum absolute atomic E-state index is 0.153. The molecular weight excluding hydrogens is 298 g/mol. The van der Waals surface area contributed by atoms with Gasteiger partial charge in [0, 0.05) is 15.5 Å². The Labute approximate surface area is 134 Å². The standard InChI is InChI=1S/C17H19NOS2/c1-20-14-7-4-6-13(12-14)18-16(19)17(9-2-3-10-17)15-8-5-11-21-15/h4-8,11-12H,2-3,9-10H2,1H3,(H,18,19). The first-order valence-electron chi connectivity index (χ1n) is 7.24. The SMILES string of the molecule is CSc1cccc(NC(=O)C2(c3cccs3)CCCC2)c1. The first-order valence-corrected chi connectivity index (χ1v) is 9.34. The van der Waals surface area contributed by atoms with Gasteiger partial charge in [-0.25, -0.2) is 0 Å². The Morgan fingerprint density at radius 3 is 2.71 bits per heavy atom. The minimum Gasteiger partial charge on any atom is -0.325 e. The quantitative estimate of drug-likeness (QED) is 0.811. The maximum atomic E-state index is 12.9. The van der Waals surface area contributed by atoms with Crippen LogP contribution in [0.4, 0.5) is 5.69 Å². The summed E-state index contributed by atoms with van der Waals surface area (Å²) in [4.78, 5) is 15.3. The molecule has 0 radical (unpaired) electrons. The predicted molar refractivity (Wildman–Crippen MR) is 91.3 cm³/mol. The molecule has 0 spiro atoms. The van der Waals surface area contributed by atoms with Gasteiger partial charge in [-0.05, 0) is 48.7 Å². The van der Waals surface area contributed by atoms with E-state index in [0.29, 0.717) is 0 Å². The average molecular weight is 317 g/mol. The van der Waals surface area contributed by atoms with Gasteiger partial charge in [0.2, 0.25) is 5.91 Å². The third kappa shape index (κ3) is 2.87. The summed E-state index contributed by atoms with van der Waals surface area (Å²) < 4.78 is 0. The molecule has 1 heterocycles. The van der Waals surface area contributed by atoms with E-state index < -0.39 is 0 Å². The Morgan fingerprint density at radius 2 is 2.05 bits per heavy atom. The minimum atomic E-state index is -0.316. The van der Waals surface area contributed by atoms with Crippen molar-refractivity contribution in [1.82, 2.24) is 0 Å². The molecule has 2 nitrogen and oxygen atoms in total. The van der Waals surface area contributed by atoms with Crippen molar-refractivity contribution in [2.24, 2.45) is 0 Å². The number of hydrogen-bond donors (Lipinski definition) is 1. The number of hydrogen-bond acceptors (Lipinski definition) is 3. The summed E-state index contributed by atoms with van der Waals surface area (Å²) in [5.41, 5.74) is 0.582. The highest BCUT2D eigenvalue weighted by Gasteiger charge is 2.43. The van der Waals surface area contributed by atoms with Crippen LogP contribution in [0.15, 0.2) is 46.7 Å². The van der Waals surface area contributed by atoms with E-state index in [9.17, 15) is 4.79 Å². The fourth-order valence-electron chi connectivity index (χ4n) is 3.07. The van der Waals surface area contributed by atoms with Crippen molar-refractivity contribution < 1.29 is 4.79 Å². The number of amides is 1. The van der Waals surface area contributed by atoms with Crippen molar-refractivity contribution in [3.8, 4) is 0 Å². The number of nitrogens with one attached hydrogen (secondary N) is 1. The third-order valence-electron chi connectivity index (χ3n) is 4.21. The van der Waals surface area contributed by atoms with Crippen molar-refractivity contribution in [3.05, 3.63) is 46.7 Å². The highest BCUT2D eigenvalue weighted by molar-refractivity contribution is 7.98. The lowest BCUT2D eigenvalue weighted by Crippen LogP contribution is -2.37. The molecule has 0 unspecified atom stereocenters. The van der Waals surface area contributed by atoms with Gasteiger partial charge in [-0.3, -0.25) is 4.79 Å². The second-order valence-electron chi connectivity index (χ2n) is 5.45. The number of benzene rings is 1. The van der Waals surface area contributed by atoms with E-state index in [1.165, 1.54) is 9.77 Å². The molecule has 3 rings (SSSR count). The molecule has 2 aromatic rings. The first kappa shape index (κ1) is 14.7. The molecule has 1 saturated carbocycles. The van der Waals surface area contributed by atoms with Gasteiger partial charge in [-0.15, -0.1) is 23.1 Å². The maximum Gasteiger partial charge on any atom is 0.235 e. The lowest BCUT2D eigenvalue weighted by Gasteiger charge is -2.26. The molecular formula is C17H19NOS2. The second-order valence-corrected chi connectivity index (χ2v) is 7.28. The molecule has 4 heteroatoms. The van der Waals surface area contributed by atoms with Crippen LogP contribution in [0.5, 0.6) is 0 Å². The normalized spacial score (nSPS) is 16.8. The maximum absolute atomic E-state index is 12.9. The van der Waals surface area contributed by atoms with Crippen molar-refractivity contribution >= 4 is 34.7 Å². The number of carbonyl (C=O) groups excluding carboxylic acids is 1. The van der Waals surface area contributed by atoms with Gasteiger partial charge in [-0.2, -0.15) is 0 Å². The zero-order chi connectivity index (χ0) is 14.7. The lowest BCUT2D eigenvalue weighted by atomic mass is 9.83. The van der Waals surface area contributed by atoms with Crippen LogP contribution in [0, 0.1) is 0 Å². The summed E-state index contributed by atoms with van der Waals surface area (Å²) in [7, 11) is 0. The zero-order valence-electron chi connectivity index (χ0n) is 12.1. The molecule has 1 amide bonds. The van der Waals surface area contributed by atoms with Gasteiger partial charge in [-0.1, -0.05) is 25.0 Å². The summed E-state index contributed by atoms with van der Waals surface area (Å²) >= 11 is 3.39. The van der Waals surface area contributed by atoms with Crippen molar-refractivity contribution in [1.29, 1.82) is 0 Å². The molecule has 110 valence electrons. The van der Waals surface area contributed by atoms with Crippen molar-refractivity contribution in [2.75, 3.05) is 11.6 Å². The highest BCUT2D eigenvalue weighted by atomic mass is 32.2. The first-order chi connectivity index (χ1) is 10.2. The Balaban J connectivity index is 1.85. The summed E-state index contributed by atoms with van der Waals surface area (Å²) in [6, 6.07) is 12.2. The van der Waals surface area contributed by atoms with E-state index >= 15 is 0 Å². The molecule has 1 fully saturated rings. The van der Waals surface area contributed by atoms with Crippen LogP contribution in [0.25, 0.3) is 0 Å². The Hall–Kier alpha value is -1.26. The van der Waals surface area contributed by atoms with Crippen LogP contribution in [-0.2, 0) is 10.2 Å². The molecule has 1 aliphatic rings. The number of rotatable bonds is 4. The van der Waals surface area contributed by atoms with E-state index in [2.05, 4.69) is 22.8 Å². The third-order valence-corrected chi connectivity index (χ3v) is 6.01. The number of anilines is 1.